The van der Waals surface area contributed by atoms with Gasteiger partial charge in [0.2, 0.25) is 0 Å². The summed E-state index contributed by atoms with van der Waals surface area (Å²) >= 11 is 5.83. The monoisotopic (exact) mass is 182 g/mol. The van der Waals surface area contributed by atoms with Gasteiger partial charge in [0.15, 0.2) is 0 Å². The van der Waals surface area contributed by atoms with Crippen molar-refractivity contribution in [3.05, 3.63) is 23.0 Å². The van der Waals surface area contributed by atoms with Gasteiger partial charge in [0.25, 0.3) is 0 Å². The lowest BCUT2D eigenvalue weighted by molar-refractivity contribution is 0.476. The van der Waals surface area contributed by atoms with Crippen molar-refractivity contribution in [1.82, 2.24) is 9.97 Å². The standard InChI is InChI=1S/C8H7ClN2O/c1-4-10-7-3-5(12)2-6(9)8(7)11-4/h2-3,12H,1H3,(H,10,11). The van der Waals surface area contributed by atoms with Crippen LogP contribution in [-0.2, 0) is 0 Å². The van der Waals surface area contributed by atoms with E-state index >= 15 is 0 Å². The molecule has 0 bridgehead atoms. The van der Waals surface area contributed by atoms with Crippen molar-refractivity contribution in [1.29, 1.82) is 0 Å². The molecule has 62 valence electrons. The zero-order chi connectivity index (χ0) is 8.72. The van der Waals surface area contributed by atoms with Crippen LogP contribution < -0.4 is 0 Å². The number of rotatable bonds is 0. The molecule has 4 heteroatoms. The highest BCUT2D eigenvalue weighted by Gasteiger charge is 2.04. The number of fused-ring (bicyclic) bond motifs is 1. The second kappa shape index (κ2) is 2.38. The van der Waals surface area contributed by atoms with E-state index in [2.05, 4.69) is 9.97 Å². The number of aromatic nitrogens is 2. The van der Waals surface area contributed by atoms with Crippen LogP contribution in [0, 0.1) is 6.92 Å². The predicted molar refractivity (Wildman–Crippen MR) is 47.5 cm³/mol. The summed E-state index contributed by atoms with van der Waals surface area (Å²) in [5.74, 6) is 0.939. The maximum Gasteiger partial charge on any atom is 0.119 e. The third kappa shape index (κ3) is 1.02. The molecule has 1 aromatic carbocycles. The van der Waals surface area contributed by atoms with E-state index in [-0.39, 0.29) is 5.75 Å². The fourth-order valence-corrected chi connectivity index (χ4v) is 1.44. The number of aryl methyl sites for hydroxylation is 1. The number of aromatic amines is 1. The second-order valence-electron chi connectivity index (χ2n) is 2.65. The van der Waals surface area contributed by atoms with Gasteiger partial charge < -0.3 is 10.1 Å². The van der Waals surface area contributed by atoms with Gasteiger partial charge in [-0.05, 0) is 6.92 Å². The topological polar surface area (TPSA) is 48.9 Å². The highest BCUT2D eigenvalue weighted by atomic mass is 35.5. The average molecular weight is 183 g/mol. The minimum atomic E-state index is 0.149. The molecule has 0 radical (unpaired) electrons. The van der Waals surface area contributed by atoms with Gasteiger partial charge in [0.1, 0.15) is 17.1 Å². The maximum atomic E-state index is 9.19. The van der Waals surface area contributed by atoms with Crippen LogP contribution in [0.25, 0.3) is 11.0 Å². The first-order valence-corrected chi connectivity index (χ1v) is 3.89. The molecule has 0 saturated carbocycles. The predicted octanol–water partition coefficient (Wildman–Crippen LogP) is 2.23. The highest BCUT2D eigenvalue weighted by Crippen LogP contribution is 2.26. The van der Waals surface area contributed by atoms with Crippen LogP contribution in [0.1, 0.15) is 5.82 Å². The number of hydrogen-bond acceptors (Lipinski definition) is 2. The molecule has 2 N–H and O–H groups in total. The van der Waals surface area contributed by atoms with E-state index in [1.807, 2.05) is 6.92 Å². The van der Waals surface area contributed by atoms with E-state index in [0.717, 1.165) is 11.3 Å². The summed E-state index contributed by atoms with van der Waals surface area (Å²) in [6.45, 7) is 1.84. The van der Waals surface area contributed by atoms with Crippen LogP contribution in [0.15, 0.2) is 12.1 Å². The van der Waals surface area contributed by atoms with Crippen LogP contribution in [0.4, 0.5) is 0 Å². The van der Waals surface area contributed by atoms with Crippen molar-refractivity contribution < 1.29 is 5.11 Å². The molecule has 0 amide bonds. The Labute approximate surface area is 74.0 Å². The second-order valence-corrected chi connectivity index (χ2v) is 3.05. The molecule has 12 heavy (non-hydrogen) atoms. The van der Waals surface area contributed by atoms with Crippen molar-refractivity contribution in [2.75, 3.05) is 0 Å². The molecule has 0 saturated heterocycles. The minimum Gasteiger partial charge on any atom is -0.508 e. The normalized spacial score (nSPS) is 10.8. The molecule has 0 aliphatic rings. The zero-order valence-electron chi connectivity index (χ0n) is 6.43. The molecular formula is C8H7ClN2O. The fraction of sp³-hybridized carbons (Fsp3) is 0.125. The van der Waals surface area contributed by atoms with Crippen molar-refractivity contribution in [2.24, 2.45) is 0 Å². The number of imidazole rings is 1. The van der Waals surface area contributed by atoms with Crippen molar-refractivity contribution in [3.8, 4) is 5.75 Å². The molecule has 0 aliphatic carbocycles. The summed E-state index contributed by atoms with van der Waals surface area (Å²) in [5, 5.41) is 9.66. The van der Waals surface area contributed by atoms with Crippen LogP contribution in [-0.4, -0.2) is 15.1 Å². The van der Waals surface area contributed by atoms with Gasteiger partial charge in [0, 0.05) is 12.1 Å². The van der Waals surface area contributed by atoms with Crippen LogP contribution in [0.3, 0.4) is 0 Å². The molecule has 2 rings (SSSR count). The molecule has 0 atom stereocenters. The maximum absolute atomic E-state index is 9.19. The van der Waals surface area contributed by atoms with Crippen molar-refractivity contribution in [2.45, 2.75) is 6.92 Å². The molecule has 1 heterocycles. The Morgan fingerprint density at radius 1 is 1.50 bits per heavy atom. The SMILES string of the molecule is Cc1nc2c(Cl)cc(O)cc2[nH]1. The summed E-state index contributed by atoms with van der Waals surface area (Å²) in [4.78, 5) is 7.14. The Balaban J connectivity index is 2.88. The lowest BCUT2D eigenvalue weighted by atomic mass is 10.3. The van der Waals surface area contributed by atoms with Gasteiger partial charge in [0.05, 0.1) is 10.5 Å². The summed E-state index contributed by atoms with van der Waals surface area (Å²) in [6.07, 6.45) is 0. The number of aromatic hydroxyl groups is 1. The van der Waals surface area contributed by atoms with Crippen LogP contribution in [0.5, 0.6) is 5.75 Å². The minimum absolute atomic E-state index is 0.149. The van der Waals surface area contributed by atoms with Gasteiger partial charge in [-0.3, -0.25) is 0 Å². The summed E-state index contributed by atoms with van der Waals surface area (Å²) in [7, 11) is 0. The lowest BCUT2D eigenvalue weighted by Crippen LogP contribution is -1.71. The van der Waals surface area contributed by atoms with Crippen LogP contribution >= 0.6 is 11.6 Å². The van der Waals surface area contributed by atoms with Gasteiger partial charge in [-0.25, -0.2) is 4.98 Å². The Morgan fingerprint density at radius 2 is 2.25 bits per heavy atom. The van der Waals surface area contributed by atoms with E-state index in [0.29, 0.717) is 10.5 Å². The Bertz CT molecular complexity index is 436. The first-order chi connectivity index (χ1) is 5.66. The first kappa shape index (κ1) is 7.43. The third-order valence-electron chi connectivity index (χ3n) is 1.64. The van der Waals surface area contributed by atoms with E-state index in [9.17, 15) is 5.11 Å². The largest absolute Gasteiger partial charge is 0.508 e. The molecule has 0 unspecified atom stereocenters. The molecule has 2 aromatic rings. The van der Waals surface area contributed by atoms with E-state index in [1.54, 1.807) is 6.07 Å². The van der Waals surface area contributed by atoms with E-state index < -0.39 is 0 Å². The molecule has 3 nitrogen and oxygen atoms in total. The van der Waals surface area contributed by atoms with E-state index in [4.69, 9.17) is 11.6 Å². The van der Waals surface area contributed by atoms with Gasteiger partial charge in [-0.2, -0.15) is 0 Å². The number of hydrogen-bond donors (Lipinski definition) is 2. The fourth-order valence-electron chi connectivity index (χ4n) is 1.18. The summed E-state index contributed by atoms with van der Waals surface area (Å²) in [6, 6.07) is 3.07. The number of nitrogens with one attached hydrogen (secondary N) is 1. The third-order valence-corrected chi connectivity index (χ3v) is 1.93. The van der Waals surface area contributed by atoms with E-state index in [1.165, 1.54) is 6.07 Å². The number of H-pyrrole nitrogens is 1. The molecule has 0 aliphatic heterocycles. The number of nitrogens with zero attached hydrogens (tertiary/aromatic N) is 1. The smallest absolute Gasteiger partial charge is 0.119 e. The van der Waals surface area contributed by atoms with Crippen LogP contribution in [0.2, 0.25) is 5.02 Å². The van der Waals surface area contributed by atoms with Gasteiger partial charge >= 0.3 is 0 Å². The first-order valence-electron chi connectivity index (χ1n) is 3.51. The van der Waals surface area contributed by atoms with Gasteiger partial charge in [-0.1, -0.05) is 11.6 Å². The number of halogens is 1. The summed E-state index contributed by atoms with van der Waals surface area (Å²) < 4.78 is 0. The average Bonchev–Trinajstić information content (AvgIpc) is 2.29. The Kier molecular flexibility index (Phi) is 1.48. The Morgan fingerprint density at radius 3 is 3.00 bits per heavy atom. The quantitative estimate of drug-likeness (QED) is 0.657. The molecule has 0 spiro atoms. The highest BCUT2D eigenvalue weighted by molar-refractivity contribution is 6.35. The van der Waals surface area contributed by atoms with Crippen molar-refractivity contribution >= 4 is 22.6 Å². The number of phenolic OH excluding ortho intramolecular Hbond substituents is 1. The van der Waals surface area contributed by atoms with Gasteiger partial charge in [-0.15, -0.1) is 0 Å². The summed E-state index contributed by atoms with van der Waals surface area (Å²) in [5.41, 5.74) is 1.46. The lowest BCUT2D eigenvalue weighted by Gasteiger charge is -1.93. The molecular weight excluding hydrogens is 176 g/mol. The molecule has 1 aromatic heterocycles. The zero-order valence-corrected chi connectivity index (χ0v) is 7.18. The number of phenols is 1. The number of benzene rings is 1. The van der Waals surface area contributed by atoms with Crippen molar-refractivity contribution in [3.63, 3.8) is 0 Å². The molecule has 0 fully saturated rings. The Hall–Kier alpha value is -1.22.